The van der Waals surface area contributed by atoms with Crippen molar-refractivity contribution in [2.75, 3.05) is 52.4 Å². The minimum Gasteiger partial charge on any atom is -0.314 e. The van der Waals surface area contributed by atoms with E-state index in [9.17, 15) is 8.42 Å². The fraction of sp³-hybridized carbons (Fsp3) is 0.348. The highest BCUT2D eigenvalue weighted by molar-refractivity contribution is 7.89. The van der Waals surface area contributed by atoms with Crippen LogP contribution in [0.4, 0.5) is 0 Å². The molecule has 5 aromatic carbocycles. The van der Waals surface area contributed by atoms with E-state index < -0.39 is 10.0 Å². The number of fused-ring (bicyclic) bond motifs is 4. The van der Waals surface area contributed by atoms with E-state index in [4.69, 9.17) is 0 Å². The van der Waals surface area contributed by atoms with Gasteiger partial charge in [0.15, 0.2) is 0 Å². The Morgan fingerprint density at radius 3 is 1.15 bits per heavy atom. The van der Waals surface area contributed by atoms with Crippen LogP contribution in [0.2, 0.25) is 0 Å². The predicted octanol–water partition coefficient (Wildman–Crippen LogP) is 5.79. The van der Waals surface area contributed by atoms with E-state index in [-0.39, 0.29) is 12.1 Å². The molecule has 0 saturated carbocycles. The largest absolute Gasteiger partial charge is 0.314 e. The quantitative estimate of drug-likeness (QED) is 0.194. The highest BCUT2D eigenvalue weighted by atomic mass is 32.2. The van der Waals surface area contributed by atoms with Crippen LogP contribution < -0.4 is 5.32 Å². The zero-order valence-electron chi connectivity index (χ0n) is 31.7. The summed E-state index contributed by atoms with van der Waals surface area (Å²) in [5.74, 6) is 0. The summed E-state index contributed by atoms with van der Waals surface area (Å²) in [5.41, 5.74) is 5.44. The highest BCUT2D eigenvalue weighted by Crippen LogP contribution is 2.30. The molecule has 4 fully saturated rings. The van der Waals surface area contributed by atoms with E-state index in [1.165, 1.54) is 22.3 Å². The van der Waals surface area contributed by atoms with Crippen molar-refractivity contribution >= 4 is 10.0 Å². The lowest BCUT2D eigenvalue weighted by Crippen LogP contribution is -2.68. The molecule has 4 heterocycles. The molecule has 0 spiro atoms. The van der Waals surface area contributed by atoms with Crippen LogP contribution in [0.3, 0.4) is 0 Å². The van der Waals surface area contributed by atoms with Gasteiger partial charge in [0.25, 0.3) is 0 Å². The molecule has 9 heteroatoms. The summed E-state index contributed by atoms with van der Waals surface area (Å²) in [5, 5.41) is 3.62. The third kappa shape index (κ3) is 9.44. The maximum atomic E-state index is 13.3. The molecule has 1 N–H and O–H groups in total. The molecule has 0 aliphatic carbocycles. The van der Waals surface area contributed by atoms with Gasteiger partial charge in [0.2, 0.25) is 10.0 Å². The van der Waals surface area contributed by atoms with Gasteiger partial charge in [-0.15, -0.1) is 0 Å². The van der Waals surface area contributed by atoms with Crippen LogP contribution in [0.5, 0.6) is 0 Å². The first kappa shape index (κ1) is 37.7. The van der Waals surface area contributed by atoms with Gasteiger partial charge in [-0.25, -0.2) is 8.42 Å². The fourth-order valence-electron chi connectivity index (χ4n) is 8.99. The number of hydrogen-bond donors (Lipinski definition) is 1. The summed E-state index contributed by atoms with van der Waals surface area (Å²) in [6.07, 6.45) is 0. The zero-order chi connectivity index (χ0) is 37.5. The van der Waals surface area contributed by atoms with Gasteiger partial charge in [-0.1, -0.05) is 140 Å². The third-order valence-electron chi connectivity index (χ3n) is 11.6. The van der Waals surface area contributed by atoms with E-state index in [0.717, 1.165) is 65.4 Å². The molecule has 4 bridgehead atoms. The Morgan fingerprint density at radius 2 is 0.745 bits per heavy atom. The van der Waals surface area contributed by atoms with E-state index in [1.807, 2.05) is 18.2 Å². The first-order valence-corrected chi connectivity index (χ1v) is 21.3. The fourth-order valence-corrected chi connectivity index (χ4v) is 10.5. The molecule has 0 aromatic heterocycles. The Kier molecular flexibility index (Phi) is 12.2. The summed E-state index contributed by atoms with van der Waals surface area (Å²) >= 11 is 0. The van der Waals surface area contributed by atoms with Crippen LogP contribution in [0, 0.1) is 0 Å². The Bertz CT molecular complexity index is 1990. The van der Waals surface area contributed by atoms with Crippen LogP contribution >= 0.6 is 0 Å². The smallest absolute Gasteiger partial charge is 0.243 e. The average molecular weight is 755 g/mol. The van der Waals surface area contributed by atoms with Crippen LogP contribution in [0.15, 0.2) is 157 Å². The van der Waals surface area contributed by atoms with Crippen LogP contribution in [0.1, 0.15) is 22.3 Å². The molecule has 4 aliphatic heterocycles. The van der Waals surface area contributed by atoms with Crippen LogP contribution in [-0.2, 0) is 36.2 Å². The number of nitrogens with zero attached hydrogens (tertiary/aromatic N) is 5. The number of benzene rings is 5. The molecular formula is C46H54N6O2S. The normalized spacial score (nSPS) is 23.8. The van der Waals surface area contributed by atoms with Crippen molar-refractivity contribution in [2.45, 2.75) is 55.2 Å². The maximum Gasteiger partial charge on any atom is 0.243 e. The molecule has 8 nitrogen and oxygen atoms in total. The third-order valence-corrected chi connectivity index (χ3v) is 13.5. The molecule has 9 rings (SSSR count). The second-order valence-corrected chi connectivity index (χ2v) is 17.5. The summed E-state index contributed by atoms with van der Waals surface area (Å²) < 4.78 is 28.4. The van der Waals surface area contributed by atoms with Crippen molar-refractivity contribution in [2.24, 2.45) is 0 Å². The lowest BCUT2D eigenvalue weighted by atomic mass is 9.99. The molecular weight excluding hydrogens is 701 g/mol. The number of sulfonamides is 1. The number of hydrogen-bond acceptors (Lipinski definition) is 7. The molecule has 0 radical (unpaired) electrons. The molecule has 4 saturated heterocycles. The number of nitrogens with one attached hydrogen (secondary N) is 1. The minimum atomic E-state index is -3.49. The second kappa shape index (κ2) is 17.7. The maximum absolute atomic E-state index is 13.3. The topological polar surface area (TPSA) is 62.4 Å². The van der Waals surface area contributed by atoms with Gasteiger partial charge in [-0.2, -0.15) is 4.31 Å². The second-order valence-electron chi connectivity index (χ2n) is 15.6. The first-order valence-electron chi connectivity index (χ1n) is 19.9. The molecule has 4 unspecified atom stereocenters. The van der Waals surface area contributed by atoms with Gasteiger partial charge in [0.05, 0.1) is 4.90 Å². The predicted molar refractivity (Wildman–Crippen MR) is 221 cm³/mol. The van der Waals surface area contributed by atoms with Gasteiger partial charge in [0, 0.05) is 103 Å². The van der Waals surface area contributed by atoms with Gasteiger partial charge in [-0.05, 0) is 34.4 Å². The van der Waals surface area contributed by atoms with Crippen LogP contribution in [-0.4, -0.2) is 109 Å². The van der Waals surface area contributed by atoms with E-state index in [2.05, 4.69) is 134 Å². The number of piperazine rings is 4. The molecule has 4 atom stereocenters. The zero-order valence-corrected chi connectivity index (χ0v) is 32.5. The lowest BCUT2D eigenvalue weighted by Gasteiger charge is -2.53. The first-order chi connectivity index (χ1) is 27.0. The van der Waals surface area contributed by atoms with Gasteiger partial charge in [0.1, 0.15) is 0 Å². The Morgan fingerprint density at radius 1 is 0.418 bits per heavy atom. The minimum absolute atomic E-state index is 0.157. The average Bonchev–Trinajstić information content (AvgIpc) is 3.20. The van der Waals surface area contributed by atoms with E-state index in [1.54, 1.807) is 28.6 Å². The van der Waals surface area contributed by atoms with Crippen molar-refractivity contribution in [3.8, 4) is 0 Å². The Hall–Kier alpha value is -4.19. The molecule has 0 amide bonds. The molecule has 55 heavy (non-hydrogen) atoms. The van der Waals surface area contributed by atoms with Crippen molar-refractivity contribution in [3.63, 3.8) is 0 Å². The summed E-state index contributed by atoms with van der Waals surface area (Å²) in [7, 11) is -3.49. The van der Waals surface area contributed by atoms with Crippen molar-refractivity contribution in [3.05, 3.63) is 174 Å². The highest BCUT2D eigenvalue weighted by Gasteiger charge is 2.44. The SMILES string of the molecule is O=S(=O)(c1ccccc1)N1CC2CN(Cc3ccccc3)CC(C1)N2Cc1ccccc1.c1ccc(CN2CC3CNCC(C2)N3Cc2ccccc2)cc1. The van der Waals surface area contributed by atoms with E-state index in [0.29, 0.717) is 30.1 Å². The standard InChI is InChI=1S/C26H29N3O2S.C20H25N3/c30-32(31,26-14-8-3-9-15-26)28-20-24-18-27(16-22-10-4-1-5-11-22)19-25(21-28)29(24)17-23-12-6-2-7-13-23;1-3-7-17(8-4-1)13-22-15-19-11-21-12-20(16-22)23(19)14-18-9-5-2-6-10-18/h1-15,24-25H,16-21H2;1-10,19-21H,11-16H2. The van der Waals surface area contributed by atoms with Crippen LogP contribution in [0.25, 0.3) is 0 Å². The molecule has 5 aromatic rings. The van der Waals surface area contributed by atoms with Crippen molar-refractivity contribution in [1.29, 1.82) is 0 Å². The van der Waals surface area contributed by atoms with E-state index >= 15 is 0 Å². The van der Waals surface area contributed by atoms with Crippen molar-refractivity contribution in [1.82, 2.24) is 29.2 Å². The Labute approximate surface area is 328 Å². The lowest BCUT2D eigenvalue weighted by molar-refractivity contribution is -0.0307. The Balaban J connectivity index is 0.000000164. The summed E-state index contributed by atoms with van der Waals surface area (Å²) in [6.45, 7) is 11.2. The molecule has 286 valence electrons. The summed E-state index contributed by atoms with van der Waals surface area (Å²) in [4.78, 5) is 10.7. The monoisotopic (exact) mass is 754 g/mol. The van der Waals surface area contributed by atoms with Crippen molar-refractivity contribution < 1.29 is 8.42 Å². The molecule has 4 aliphatic rings. The van der Waals surface area contributed by atoms with Gasteiger partial charge < -0.3 is 5.32 Å². The summed E-state index contributed by atoms with van der Waals surface area (Å²) in [6, 6.07) is 53.2. The van der Waals surface area contributed by atoms with Gasteiger partial charge >= 0.3 is 0 Å². The van der Waals surface area contributed by atoms with Gasteiger partial charge in [-0.3, -0.25) is 19.6 Å². The number of rotatable bonds is 10.